The molecule has 1 saturated heterocycles. The summed E-state index contributed by atoms with van der Waals surface area (Å²) in [4.78, 5) is 2.16. The van der Waals surface area contributed by atoms with Gasteiger partial charge in [0.05, 0.1) is 5.56 Å². The number of hydrogen-bond donors (Lipinski definition) is 0. The Bertz CT molecular complexity index is 810. The molecule has 158 valence electrons. The number of hydrogen-bond acceptors (Lipinski definition) is 1. The maximum absolute atomic E-state index is 13.5. The van der Waals surface area contributed by atoms with Crippen molar-refractivity contribution in [2.24, 2.45) is 5.92 Å². The van der Waals surface area contributed by atoms with Crippen molar-refractivity contribution in [2.45, 2.75) is 58.2 Å². The average Bonchev–Trinajstić information content (AvgIpc) is 2.64. The van der Waals surface area contributed by atoms with Crippen LogP contribution >= 0.6 is 0 Å². The molecule has 5 heteroatoms. The topological polar surface area (TPSA) is 3.24 Å². The van der Waals surface area contributed by atoms with Crippen molar-refractivity contribution < 1.29 is 17.6 Å². The zero-order valence-corrected chi connectivity index (χ0v) is 17.3. The zero-order chi connectivity index (χ0) is 21.2. The Balaban J connectivity index is 1.53. The molecule has 0 saturated carbocycles. The SMILES string of the molecule is CC(C)(C)c1ccc(CC2CCN(Cc3ccc(F)c(C(F)(F)F)c3)CC2)cc1. The third-order valence-electron chi connectivity index (χ3n) is 5.79. The maximum atomic E-state index is 13.5. The average molecular weight is 407 g/mol. The number of rotatable bonds is 4. The molecule has 0 N–H and O–H groups in total. The normalized spacial score (nSPS) is 16.9. The molecule has 0 unspecified atom stereocenters. The summed E-state index contributed by atoms with van der Waals surface area (Å²) < 4.78 is 52.2. The molecule has 0 aromatic heterocycles. The molecule has 1 fully saturated rings. The summed E-state index contributed by atoms with van der Waals surface area (Å²) in [6.45, 7) is 8.74. The first-order valence-corrected chi connectivity index (χ1v) is 10.2. The van der Waals surface area contributed by atoms with E-state index >= 15 is 0 Å². The molecule has 2 aromatic rings. The third kappa shape index (κ3) is 5.81. The molecular weight excluding hydrogens is 378 g/mol. The Morgan fingerprint density at radius 3 is 2.03 bits per heavy atom. The van der Waals surface area contributed by atoms with Gasteiger partial charge in [-0.1, -0.05) is 51.1 Å². The third-order valence-corrected chi connectivity index (χ3v) is 5.79. The van der Waals surface area contributed by atoms with Crippen LogP contribution in [0.4, 0.5) is 17.6 Å². The predicted octanol–water partition coefficient (Wildman–Crippen LogP) is 6.60. The molecule has 0 aliphatic carbocycles. The molecule has 0 amide bonds. The first-order valence-electron chi connectivity index (χ1n) is 10.2. The lowest BCUT2D eigenvalue weighted by atomic mass is 9.85. The molecular formula is C24H29F4N. The van der Waals surface area contributed by atoms with Crippen LogP contribution in [-0.2, 0) is 24.6 Å². The van der Waals surface area contributed by atoms with Crippen LogP contribution in [0.2, 0.25) is 0 Å². The van der Waals surface area contributed by atoms with Gasteiger partial charge in [0.1, 0.15) is 5.82 Å². The van der Waals surface area contributed by atoms with Crippen molar-refractivity contribution in [3.05, 3.63) is 70.5 Å². The number of likely N-dealkylation sites (tertiary alicyclic amines) is 1. The summed E-state index contributed by atoms with van der Waals surface area (Å²) in [6, 6.07) is 12.2. The highest BCUT2D eigenvalue weighted by Gasteiger charge is 2.34. The van der Waals surface area contributed by atoms with E-state index in [9.17, 15) is 17.6 Å². The Morgan fingerprint density at radius 2 is 1.48 bits per heavy atom. The number of benzene rings is 2. The summed E-state index contributed by atoms with van der Waals surface area (Å²) in [7, 11) is 0. The maximum Gasteiger partial charge on any atom is 0.419 e. The highest BCUT2D eigenvalue weighted by Crippen LogP contribution is 2.32. The molecule has 0 atom stereocenters. The zero-order valence-electron chi connectivity index (χ0n) is 17.3. The lowest BCUT2D eigenvalue weighted by Gasteiger charge is -2.32. The number of nitrogens with zero attached hydrogens (tertiary/aromatic N) is 1. The second kappa shape index (κ2) is 8.47. The van der Waals surface area contributed by atoms with Crippen LogP contribution in [0.15, 0.2) is 42.5 Å². The number of alkyl halides is 3. The minimum Gasteiger partial charge on any atom is -0.299 e. The van der Waals surface area contributed by atoms with Crippen LogP contribution in [0.1, 0.15) is 55.9 Å². The first kappa shape index (κ1) is 21.8. The molecule has 1 heterocycles. The lowest BCUT2D eigenvalue weighted by Crippen LogP contribution is -2.34. The Hall–Kier alpha value is -1.88. The van der Waals surface area contributed by atoms with E-state index in [2.05, 4.69) is 49.9 Å². The molecule has 3 rings (SSSR count). The summed E-state index contributed by atoms with van der Waals surface area (Å²) >= 11 is 0. The van der Waals surface area contributed by atoms with E-state index in [-0.39, 0.29) is 5.41 Å². The van der Waals surface area contributed by atoms with Crippen LogP contribution in [-0.4, -0.2) is 18.0 Å². The molecule has 1 aliphatic heterocycles. The summed E-state index contributed by atoms with van der Waals surface area (Å²) in [5.74, 6) is -0.622. The van der Waals surface area contributed by atoms with Gasteiger partial charge in [0.25, 0.3) is 0 Å². The molecule has 0 radical (unpaired) electrons. The fourth-order valence-corrected chi connectivity index (χ4v) is 3.97. The minimum absolute atomic E-state index is 0.149. The molecule has 29 heavy (non-hydrogen) atoms. The van der Waals surface area contributed by atoms with Crippen molar-refractivity contribution in [1.82, 2.24) is 4.90 Å². The van der Waals surface area contributed by atoms with Crippen molar-refractivity contribution in [3.8, 4) is 0 Å². The smallest absolute Gasteiger partial charge is 0.299 e. The minimum atomic E-state index is -4.66. The van der Waals surface area contributed by atoms with Crippen molar-refractivity contribution in [2.75, 3.05) is 13.1 Å². The second-order valence-corrected chi connectivity index (χ2v) is 9.18. The van der Waals surface area contributed by atoms with Crippen LogP contribution in [0, 0.1) is 11.7 Å². The Morgan fingerprint density at radius 1 is 0.897 bits per heavy atom. The fraction of sp³-hybridized carbons (Fsp3) is 0.500. The van der Waals surface area contributed by atoms with Gasteiger partial charge in [0.15, 0.2) is 0 Å². The van der Waals surface area contributed by atoms with E-state index in [4.69, 9.17) is 0 Å². The fourth-order valence-electron chi connectivity index (χ4n) is 3.97. The standard InChI is InChI=1S/C24H29F4N/c1-23(2,3)20-7-4-17(5-8-20)14-18-10-12-29(13-11-18)16-19-6-9-22(25)21(15-19)24(26,27)28/h4-9,15,18H,10-14,16H2,1-3H3. The van der Waals surface area contributed by atoms with Crippen LogP contribution < -0.4 is 0 Å². The lowest BCUT2D eigenvalue weighted by molar-refractivity contribution is -0.140. The van der Waals surface area contributed by atoms with E-state index in [1.807, 2.05) is 0 Å². The largest absolute Gasteiger partial charge is 0.419 e. The second-order valence-electron chi connectivity index (χ2n) is 9.18. The summed E-state index contributed by atoms with van der Waals surface area (Å²) in [5, 5.41) is 0. The Kier molecular flexibility index (Phi) is 6.37. The quantitative estimate of drug-likeness (QED) is 0.516. The van der Waals surface area contributed by atoms with Crippen molar-refractivity contribution in [3.63, 3.8) is 0 Å². The van der Waals surface area contributed by atoms with Crippen LogP contribution in [0.25, 0.3) is 0 Å². The van der Waals surface area contributed by atoms with Gasteiger partial charge < -0.3 is 0 Å². The predicted molar refractivity (Wildman–Crippen MR) is 108 cm³/mol. The van der Waals surface area contributed by atoms with E-state index in [0.29, 0.717) is 18.0 Å². The molecule has 1 nitrogen and oxygen atoms in total. The highest BCUT2D eigenvalue weighted by atomic mass is 19.4. The van der Waals surface area contributed by atoms with Gasteiger partial charge >= 0.3 is 6.18 Å². The van der Waals surface area contributed by atoms with Gasteiger partial charge in [-0.2, -0.15) is 13.2 Å². The van der Waals surface area contributed by atoms with E-state index in [0.717, 1.165) is 44.5 Å². The van der Waals surface area contributed by atoms with Gasteiger partial charge in [0, 0.05) is 6.54 Å². The summed E-state index contributed by atoms with van der Waals surface area (Å²) in [6.07, 6.45) is -1.58. The number of halogens is 4. The van der Waals surface area contributed by atoms with Crippen LogP contribution in [0.3, 0.4) is 0 Å². The van der Waals surface area contributed by atoms with Crippen LogP contribution in [0.5, 0.6) is 0 Å². The van der Waals surface area contributed by atoms with E-state index in [1.165, 1.54) is 17.2 Å². The van der Waals surface area contributed by atoms with Gasteiger partial charge in [-0.05, 0) is 72.5 Å². The van der Waals surface area contributed by atoms with Crippen molar-refractivity contribution in [1.29, 1.82) is 0 Å². The molecule has 0 bridgehead atoms. The number of piperidine rings is 1. The molecule has 1 aliphatic rings. The van der Waals surface area contributed by atoms with Gasteiger partial charge in [-0.15, -0.1) is 0 Å². The monoisotopic (exact) mass is 407 g/mol. The van der Waals surface area contributed by atoms with Crippen molar-refractivity contribution >= 4 is 0 Å². The van der Waals surface area contributed by atoms with Gasteiger partial charge in [0.2, 0.25) is 0 Å². The first-order chi connectivity index (χ1) is 13.5. The van der Waals surface area contributed by atoms with Gasteiger partial charge in [-0.3, -0.25) is 4.90 Å². The van der Waals surface area contributed by atoms with E-state index < -0.39 is 17.6 Å². The summed E-state index contributed by atoms with van der Waals surface area (Å²) in [5.41, 5.74) is 2.15. The van der Waals surface area contributed by atoms with Gasteiger partial charge in [-0.25, -0.2) is 4.39 Å². The van der Waals surface area contributed by atoms with E-state index in [1.54, 1.807) is 0 Å². The molecule has 2 aromatic carbocycles. The highest BCUT2D eigenvalue weighted by molar-refractivity contribution is 5.28. The Labute approximate surface area is 170 Å². The molecule has 0 spiro atoms.